The molecule has 5 heteroatoms. The zero-order valence-corrected chi connectivity index (χ0v) is 13.8. The number of aliphatic hydroxyl groups excluding tert-OH is 1. The number of halogens is 3. The highest BCUT2D eigenvalue weighted by Gasteiger charge is 2.33. The minimum absolute atomic E-state index is 0.134. The van der Waals surface area contributed by atoms with Crippen molar-refractivity contribution in [2.24, 2.45) is 5.92 Å². The molecule has 0 amide bonds. The molecule has 2 nitrogen and oxygen atoms in total. The molecule has 2 rings (SSSR count). The van der Waals surface area contributed by atoms with E-state index in [4.69, 9.17) is 34.8 Å². The number of rotatable bonds is 4. The molecule has 0 bridgehead atoms. The van der Waals surface area contributed by atoms with Crippen LogP contribution in [0.3, 0.4) is 0 Å². The van der Waals surface area contributed by atoms with Gasteiger partial charge >= 0.3 is 0 Å². The highest BCUT2D eigenvalue weighted by atomic mass is 35.5. The van der Waals surface area contributed by atoms with E-state index in [2.05, 4.69) is 12.2 Å². The summed E-state index contributed by atoms with van der Waals surface area (Å²) in [7, 11) is 0. The summed E-state index contributed by atoms with van der Waals surface area (Å²) in [5.74, 6) is 0.731. The van der Waals surface area contributed by atoms with Crippen LogP contribution in [-0.2, 0) is 6.54 Å². The Balaban J connectivity index is 2.09. The van der Waals surface area contributed by atoms with Crippen LogP contribution in [0.15, 0.2) is 12.1 Å². The van der Waals surface area contributed by atoms with Crippen LogP contribution in [0.4, 0.5) is 0 Å². The van der Waals surface area contributed by atoms with Crippen LogP contribution in [0.2, 0.25) is 15.1 Å². The Bertz CT molecular complexity index is 470. The molecule has 1 aromatic rings. The Morgan fingerprint density at radius 2 is 1.80 bits per heavy atom. The first-order chi connectivity index (χ1) is 9.47. The predicted molar refractivity (Wildman–Crippen MR) is 85.8 cm³/mol. The molecular formula is C15H20Cl3NO. The van der Waals surface area contributed by atoms with Gasteiger partial charge in [-0.15, -0.1) is 0 Å². The average Bonchev–Trinajstić information content (AvgIpc) is 2.45. The van der Waals surface area contributed by atoms with E-state index in [1.807, 2.05) is 0 Å². The maximum atomic E-state index is 9.74. The lowest BCUT2D eigenvalue weighted by Gasteiger charge is -2.39. The fourth-order valence-electron chi connectivity index (χ4n) is 2.71. The van der Waals surface area contributed by atoms with Gasteiger partial charge in [-0.25, -0.2) is 0 Å². The van der Waals surface area contributed by atoms with Gasteiger partial charge in [-0.1, -0.05) is 41.7 Å². The minimum atomic E-state index is -0.221. The van der Waals surface area contributed by atoms with E-state index < -0.39 is 0 Å². The first kappa shape index (κ1) is 16.4. The van der Waals surface area contributed by atoms with Crippen molar-refractivity contribution in [1.29, 1.82) is 0 Å². The van der Waals surface area contributed by atoms with Crippen molar-refractivity contribution in [3.8, 4) is 0 Å². The maximum Gasteiger partial charge on any atom is 0.0652 e. The topological polar surface area (TPSA) is 32.3 Å². The SMILES string of the molecule is CC1CCC(CO)(NCc2c(Cl)ccc(Cl)c2Cl)CC1. The smallest absolute Gasteiger partial charge is 0.0652 e. The van der Waals surface area contributed by atoms with Gasteiger partial charge in [0.05, 0.1) is 16.7 Å². The van der Waals surface area contributed by atoms with Crippen molar-refractivity contribution in [3.05, 3.63) is 32.8 Å². The van der Waals surface area contributed by atoms with Crippen LogP contribution in [0.25, 0.3) is 0 Å². The standard InChI is InChI=1S/C15H20Cl3NO/c1-10-4-6-15(9-20,7-5-10)19-8-11-12(16)2-3-13(17)14(11)18/h2-3,10,19-20H,4-9H2,1H3. The Labute approximate surface area is 135 Å². The van der Waals surface area contributed by atoms with Gasteiger partial charge in [0, 0.05) is 22.7 Å². The molecule has 1 aliphatic carbocycles. The third-order valence-electron chi connectivity index (χ3n) is 4.31. The molecular weight excluding hydrogens is 317 g/mol. The van der Waals surface area contributed by atoms with Crippen molar-refractivity contribution in [2.75, 3.05) is 6.61 Å². The number of aliphatic hydroxyl groups is 1. The Morgan fingerprint density at radius 1 is 1.20 bits per heavy atom. The second-order valence-electron chi connectivity index (χ2n) is 5.80. The van der Waals surface area contributed by atoms with Gasteiger partial charge in [-0.2, -0.15) is 0 Å². The summed E-state index contributed by atoms with van der Waals surface area (Å²) in [6.07, 6.45) is 4.20. The second kappa shape index (κ2) is 6.85. The van der Waals surface area contributed by atoms with E-state index in [1.165, 1.54) is 0 Å². The molecule has 20 heavy (non-hydrogen) atoms. The van der Waals surface area contributed by atoms with Crippen molar-refractivity contribution in [2.45, 2.75) is 44.7 Å². The van der Waals surface area contributed by atoms with E-state index in [-0.39, 0.29) is 12.1 Å². The molecule has 0 saturated heterocycles. The molecule has 1 saturated carbocycles. The maximum absolute atomic E-state index is 9.74. The van der Waals surface area contributed by atoms with Gasteiger partial charge in [0.1, 0.15) is 0 Å². The van der Waals surface area contributed by atoms with Gasteiger partial charge < -0.3 is 10.4 Å². The molecule has 112 valence electrons. The average molecular weight is 337 g/mol. The third-order valence-corrected chi connectivity index (χ3v) is 5.51. The molecule has 2 N–H and O–H groups in total. The molecule has 1 aliphatic rings. The van der Waals surface area contributed by atoms with Crippen LogP contribution in [-0.4, -0.2) is 17.3 Å². The van der Waals surface area contributed by atoms with E-state index in [9.17, 15) is 5.11 Å². The molecule has 0 atom stereocenters. The third kappa shape index (κ3) is 3.61. The van der Waals surface area contributed by atoms with Gasteiger partial charge in [-0.3, -0.25) is 0 Å². The first-order valence-corrected chi connectivity index (χ1v) is 8.09. The van der Waals surface area contributed by atoms with E-state index >= 15 is 0 Å². The minimum Gasteiger partial charge on any atom is -0.394 e. The summed E-state index contributed by atoms with van der Waals surface area (Å²) in [4.78, 5) is 0. The number of nitrogens with one attached hydrogen (secondary N) is 1. The van der Waals surface area contributed by atoms with E-state index in [1.54, 1.807) is 12.1 Å². The molecule has 1 fully saturated rings. The van der Waals surface area contributed by atoms with Gasteiger partial charge in [0.15, 0.2) is 0 Å². The molecule has 0 heterocycles. The van der Waals surface area contributed by atoms with E-state index in [0.717, 1.165) is 37.2 Å². The van der Waals surface area contributed by atoms with Gasteiger partial charge in [0.25, 0.3) is 0 Å². The zero-order valence-electron chi connectivity index (χ0n) is 11.6. The Morgan fingerprint density at radius 3 is 2.40 bits per heavy atom. The van der Waals surface area contributed by atoms with Gasteiger partial charge in [-0.05, 0) is 43.7 Å². The summed E-state index contributed by atoms with van der Waals surface area (Å²) >= 11 is 18.4. The molecule has 0 unspecified atom stereocenters. The molecule has 0 radical (unpaired) electrons. The monoisotopic (exact) mass is 335 g/mol. The lowest BCUT2D eigenvalue weighted by molar-refractivity contribution is 0.104. The highest BCUT2D eigenvalue weighted by molar-refractivity contribution is 6.44. The lowest BCUT2D eigenvalue weighted by atomic mass is 9.77. The summed E-state index contributed by atoms with van der Waals surface area (Å²) in [6.45, 7) is 2.91. The van der Waals surface area contributed by atoms with Crippen LogP contribution in [0.5, 0.6) is 0 Å². The number of hydrogen-bond acceptors (Lipinski definition) is 2. The molecule has 0 aromatic heterocycles. The van der Waals surface area contributed by atoms with Crippen LogP contribution >= 0.6 is 34.8 Å². The van der Waals surface area contributed by atoms with Crippen LogP contribution in [0.1, 0.15) is 38.2 Å². The largest absolute Gasteiger partial charge is 0.394 e. The normalized spacial score (nSPS) is 26.8. The summed E-state index contributed by atoms with van der Waals surface area (Å²) in [5.41, 5.74) is 0.578. The Hall–Kier alpha value is 0.01000. The summed E-state index contributed by atoms with van der Waals surface area (Å²) < 4.78 is 0. The van der Waals surface area contributed by atoms with E-state index in [0.29, 0.717) is 21.6 Å². The predicted octanol–water partition coefficient (Wildman–Crippen LogP) is 4.68. The fourth-order valence-corrected chi connectivity index (χ4v) is 3.39. The fraction of sp³-hybridized carbons (Fsp3) is 0.600. The van der Waals surface area contributed by atoms with Crippen molar-refractivity contribution >= 4 is 34.8 Å². The molecule has 0 aliphatic heterocycles. The van der Waals surface area contributed by atoms with Crippen molar-refractivity contribution in [1.82, 2.24) is 5.32 Å². The molecule has 0 spiro atoms. The summed E-state index contributed by atoms with van der Waals surface area (Å²) in [6, 6.07) is 3.45. The Kier molecular flexibility index (Phi) is 5.61. The number of benzene rings is 1. The van der Waals surface area contributed by atoms with Crippen LogP contribution in [0, 0.1) is 5.92 Å². The lowest BCUT2D eigenvalue weighted by Crippen LogP contribution is -2.50. The second-order valence-corrected chi connectivity index (χ2v) is 6.99. The molecule has 1 aromatic carbocycles. The van der Waals surface area contributed by atoms with Crippen molar-refractivity contribution < 1.29 is 5.11 Å². The first-order valence-electron chi connectivity index (χ1n) is 6.96. The van der Waals surface area contributed by atoms with Crippen molar-refractivity contribution in [3.63, 3.8) is 0 Å². The quantitative estimate of drug-likeness (QED) is 0.783. The summed E-state index contributed by atoms with van der Waals surface area (Å²) in [5, 5.41) is 14.8. The number of hydrogen-bond donors (Lipinski definition) is 2. The highest BCUT2D eigenvalue weighted by Crippen LogP contribution is 2.34. The zero-order chi connectivity index (χ0) is 14.8. The van der Waals surface area contributed by atoms with Crippen LogP contribution < -0.4 is 5.32 Å². The van der Waals surface area contributed by atoms with Gasteiger partial charge in [0.2, 0.25) is 0 Å².